The normalized spacial score (nSPS) is 15.7. The summed E-state index contributed by atoms with van der Waals surface area (Å²) in [7, 11) is 0. The maximum atomic E-state index is 13.1. The highest BCUT2D eigenvalue weighted by atomic mass is 127. The largest absolute Gasteiger partial charge is 0.460 e. The number of allylic oxidation sites excluding steroid dienone is 2. The molecule has 0 saturated carbocycles. The third kappa shape index (κ3) is 3.94. The molecule has 120 valence electrons. The van der Waals surface area contributed by atoms with Crippen LogP contribution in [-0.4, -0.2) is 23.9 Å². The van der Waals surface area contributed by atoms with Crippen molar-refractivity contribution in [3.63, 3.8) is 0 Å². The summed E-state index contributed by atoms with van der Waals surface area (Å²) in [5.74, 6) is -19.0. The summed E-state index contributed by atoms with van der Waals surface area (Å²) < 4.78 is 112. The van der Waals surface area contributed by atoms with Crippen molar-refractivity contribution in [3.05, 3.63) is 9.66 Å². The lowest BCUT2D eigenvalue weighted by atomic mass is 10.0. The summed E-state index contributed by atoms with van der Waals surface area (Å²) in [6.45, 7) is 1.66. The molecule has 0 aliphatic carbocycles. The second kappa shape index (κ2) is 6.30. The Labute approximate surface area is 122 Å². The Hall–Kier alpha value is -0.160. The van der Waals surface area contributed by atoms with E-state index in [0.717, 1.165) is 0 Å². The summed E-state index contributed by atoms with van der Waals surface area (Å²) in [4.78, 5) is 0. The van der Waals surface area contributed by atoms with Crippen molar-refractivity contribution < 1.29 is 39.5 Å². The zero-order chi connectivity index (χ0) is 16.4. The molecule has 0 aromatic carbocycles. The lowest BCUT2D eigenvalue weighted by Crippen LogP contribution is -2.60. The average molecular weight is 428 g/mol. The number of hydrogen-bond acceptors (Lipinski definition) is 0. The van der Waals surface area contributed by atoms with Gasteiger partial charge in [0, 0.05) is 6.08 Å². The van der Waals surface area contributed by atoms with Crippen LogP contribution in [0.15, 0.2) is 9.66 Å². The van der Waals surface area contributed by atoms with E-state index in [-0.39, 0.29) is 6.42 Å². The third-order valence-electron chi connectivity index (χ3n) is 2.28. The summed E-state index contributed by atoms with van der Waals surface area (Å²) in [6.07, 6.45) is -6.60. The number of halogens is 10. The predicted molar refractivity (Wildman–Crippen MR) is 62.5 cm³/mol. The molecule has 0 N–H and O–H groups in total. The number of hydrogen-bond donors (Lipinski definition) is 0. The van der Waals surface area contributed by atoms with Crippen molar-refractivity contribution in [1.29, 1.82) is 0 Å². The highest BCUT2D eigenvalue weighted by Crippen LogP contribution is 2.53. The van der Waals surface area contributed by atoms with Crippen LogP contribution in [0, 0.1) is 0 Å². The Morgan fingerprint density at radius 3 is 1.70 bits per heavy atom. The minimum atomic E-state index is -6.83. The molecule has 0 spiro atoms. The Kier molecular flexibility index (Phi) is 6.25. The Morgan fingerprint density at radius 2 is 1.35 bits per heavy atom. The summed E-state index contributed by atoms with van der Waals surface area (Å²) in [5.41, 5.74) is 0. The second-order valence-electron chi connectivity index (χ2n) is 3.96. The molecule has 0 aliphatic rings. The molecule has 10 heteroatoms. The topological polar surface area (TPSA) is 0 Å². The van der Waals surface area contributed by atoms with Crippen LogP contribution in [0.2, 0.25) is 0 Å². The number of unbranched alkanes of at least 4 members (excludes halogenated alkanes) is 1. The summed E-state index contributed by atoms with van der Waals surface area (Å²) in [6, 6.07) is 0. The fourth-order valence-electron chi connectivity index (χ4n) is 1.09. The molecule has 0 aliphatic heterocycles. The van der Waals surface area contributed by atoms with Gasteiger partial charge in [-0.15, -0.1) is 0 Å². The van der Waals surface area contributed by atoms with Gasteiger partial charge in [0.05, 0.1) is 0 Å². The van der Waals surface area contributed by atoms with Crippen molar-refractivity contribution in [3.8, 4) is 0 Å². The molecule has 0 unspecified atom stereocenters. The van der Waals surface area contributed by atoms with Gasteiger partial charge in [0.15, 0.2) is 0 Å². The smallest absolute Gasteiger partial charge is 0.195 e. The molecule has 0 aromatic rings. The standard InChI is InChI=1S/C10H10F9I/c1-2-3-4-6(20)5-7(11,12)8(13,14)9(15,16)10(17,18)19/h5H,2-4H2,1H3/b6-5+. The Morgan fingerprint density at radius 1 is 0.900 bits per heavy atom. The van der Waals surface area contributed by atoms with E-state index in [1.807, 2.05) is 0 Å². The zero-order valence-corrected chi connectivity index (χ0v) is 12.1. The lowest BCUT2D eigenvalue weighted by molar-refractivity contribution is -0.388. The fraction of sp³-hybridized carbons (Fsp3) is 0.800. The molecule has 0 radical (unpaired) electrons. The summed E-state index contributed by atoms with van der Waals surface area (Å²) in [5, 5.41) is 0. The van der Waals surface area contributed by atoms with Crippen LogP contribution in [0.5, 0.6) is 0 Å². The van der Waals surface area contributed by atoms with Crippen molar-refractivity contribution in [2.24, 2.45) is 0 Å². The molecule has 0 fully saturated rings. The predicted octanol–water partition coefficient (Wildman–Crippen LogP) is 5.96. The maximum absolute atomic E-state index is 13.1. The van der Waals surface area contributed by atoms with E-state index in [2.05, 4.69) is 0 Å². The van der Waals surface area contributed by atoms with Gasteiger partial charge in [0.2, 0.25) is 0 Å². The molecule has 0 saturated heterocycles. The lowest BCUT2D eigenvalue weighted by Gasteiger charge is -2.32. The molecule has 0 rings (SSSR count). The van der Waals surface area contributed by atoms with Crippen molar-refractivity contribution in [1.82, 2.24) is 0 Å². The molecule has 0 amide bonds. The molecule has 0 aromatic heterocycles. The van der Waals surface area contributed by atoms with Gasteiger partial charge in [-0.3, -0.25) is 0 Å². The van der Waals surface area contributed by atoms with Gasteiger partial charge in [-0.25, -0.2) is 0 Å². The Bertz CT molecular complexity index is 356. The minimum absolute atomic E-state index is 0.111. The van der Waals surface area contributed by atoms with E-state index < -0.39 is 33.6 Å². The first-order valence-electron chi connectivity index (χ1n) is 5.28. The second-order valence-corrected chi connectivity index (χ2v) is 5.35. The SMILES string of the molecule is CCCC/C(I)=C\C(F)(F)C(F)(F)C(F)(F)C(F)(F)F. The molecule has 20 heavy (non-hydrogen) atoms. The maximum Gasteiger partial charge on any atom is 0.460 e. The number of alkyl halides is 9. The van der Waals surface area contributed by atoms with Gasteiger partial charge in [-0.1, -0.05) is 13.3 Å². The van der Waals surface area contributed by atoms with E-state index in [1.165, 1.54) is 22.6 Å². The van der Waals surface area contributed by atoms with Gasteiger partial charge in [-0.05, 0) is 39.0 Å². The van der Waals surface area contributed by atoms with E-state index in [4.69, 9.17) is 0 Å². The van der Waals surface area contributed by atoms with Crippen molar-refractivity contribution >= 4 is 22.6 Å². The molecular formula is C10H10F9I. The third-order valence-corrected chi connectivity index (χ3v) is 3.13. The molecule has 0 atom stereocenters. The van der Waals surface area contributed by atoms with Crippen LogP contribution in [-0.2, 0) is 0 Å². The molecule has 0 heterocycles. The minimum Gasteiger partial charge on any atom is -0.195 e. The van der Waals surface area contributed by atoms with Crippen LogP contribution >= 0.6 is 22.6 Å². The molecular weight excluding hydrogens is 418 g/mol. The summed E-state index contributed by atoms with van der Waals surface area (Å²) >= 11 is 1.20. The monoisotopic (exact) mass is 428 g/mol. The van der Waals surface area contributed by atoms with E-state index in [0.29, 0.717) is 12.8 Å². The average Bonchev–Trinajstić information content (AvgIpc) is 2.23. The fourth-order valence-corrected chi connectivity index (χ4v) is 1.86. The van der Waals surface area contributed by atoms with Gasteiger partial charge >= 0.3 is 23.9 Å². The highest BCUT2D eigenvalue weighted by molar-refractivity contribution is 14.1. The van der Waals surface area contributed by atoms with E-state index >= 15 is 0 Å². The highest BCUT2D eigenvalue weighted by Gasteiger charge is 2.81. The van der Waals surface area contributed by atoms with Crippen molar-refractivity contribution in [2.75, 3.05) is 0 Å². The van der Waals surface area contributed by atoms with Crippen molar-refractivity contribution in [2.45, 2.75) is 50.1 Å². The molecule has 0 bridgehead atoms. The van der Waals surface area contributed by atoms with Gasteiger partial charge in [-0.2, -0.15) is 39.5 Å². The van der Waals surface area contributed by atoms with E-state index in [1.54, 1.807) is 6.92 Å². The quantitative estimate of drug-likeness (QED) is 0.362. The number of rotatable bonds is 6. The van der Waals surface area contributed by atoms with Gasteiger partial charge in [0.1, 0.15) is 0 Å². The van der Waals surface area contributed by atoms with Crippen LogP contribution in [0.25, 0.3) is 0 Å². The first-order chi connectivity index (χ1) is 8.70. The van der Waals surface area contributed by atoms with Crippen LogP contribution in [0.3, 0.4) is 0 Å². The Balaban J connectivity index is 5.47. The zero-order valence-electron chi connectivity index (χ0n) is 9.98. The van der Waals surface area contributed by atoms with Gasteiger partial charge in [0.25, 0.3) is 0 Å². The first-order valence-corrected chi connectivity index (χ1v) is 6.36. The first kappa shape index (κ1) is 19.8. The van der Waals surface area contributed by atoms with Crippen LogP contribution in [0.4, 0.5) is 39.5 Å². The van der Waals surface area contributed by atoms with Crippen LogP contribution < -0.4 is 0 Å². The van der Waals surface area contributed by atoms with E-state index in [9.17, 15) is 39.5 Å². The van der Waals surface area contributed by atoms with Crippen LogP contribution in [0.1, 0.15) is 26.2 Å². The van der Waals surface area contributed by atoms with Gasteiger partial charge < -0.3 is 0 Å². The molecule has 0 nitrogen and oxygen atoms in total.